The average Bonchev–Trinajstić information content (AvgIpc) is 3.07. The summed E-state index contributed by atoms with van der Waals surface area (Å²) in [6.45, 7) is 2.66. The SMILES string of the molecule is Cc1csc(-c2cccc(C(=O)NCC3(CO)CCCCC3)c2)n1. The Morgan fingerprint density at radius 3 is 2.79 bits per heavy atom. The van der Waals surface area contributed by atoms with Gasteiger partial charge in [0.15, 0.2) is 0 Å². The first-order valence-electron chi connectivity index (χ1n) is 8.54. The lowest BCUT2D eigenvalue weighted by Gasteiger charge is -2.35. The van der Waals surface area contributed by atoms with E-state index in [9.17, 15) is 9.90 Å². The van der Waals surface area contributed by atoms with Crippen LogP contribution in [-0.4, -0.2) is 29.1 Å². The first-order valence-corrected chi connectivity index (χ1v) is 9.41. The fourth-order valence-corrected chi connectivity index (χ4v) is 4.14. The number of nitrogens with zero attached hydrogens (tertiary/aromatic N) is 1. The van der Waals surface area contributed by atoms with Gasteiger partial charge in [-0.25, -0.2) is 4.98 Å². The van der Waals surface area contributed by atoms with Crippen LogP contribution < -0.4 is 5.32 Å². The number of thiazole rings is 1. The molecule has 1 aromatic carbocycles. The lowest BCUT2D eigenvalue weighted by Crippen LogP contribution is -2.41. The predicted molar refractivity (Wildman–Crippen MR) is 97.2 cm³/mol. The molecule has 3 rings (SSSR count). The zero-order chi connectivity index (χ0) is 17.0. The molecule has 1 heterocycles. The quantitative estimate of drug-likeness (QED) is 0.867. The Morgan fingerprint density at radius 2 is 2.12 bits per heavy atom. The molecule has 128 valence electrons. The average molecular weight is 344 g/mol. The molecule has 2 aromatic rings. The van der Waals surface area contributed by atoms with Crippen LogP contribution in [0.4, 0.5) is 0 Å². The summed E-state index contributed by atoms with van der Waals surface area (Å²) in [6, 6.07) is 7.58. The van der Waals surface area contributed by atoms with Crippen LogP contribution in [-0.2, 0) is 0 Å². The summed E-state index contributed by atoms with van der Waals surface area (Å²) < 4.78 is 0. The molecule has 2 N–H and O–H groups in total. The summed E-state index contributed by atoms with van der Waals surface area (Å²) in [4.78, 5) is 17.0. The van der Waals surface area contributed by atoms with Crippen LogP contribution in [0.5, 0.6) is 0 Å². The molecular formula is C19H24N2O2S. The highest BCUT2D eigenvalue weighted by Gasteiger charge is 2.31. The van der Waals surface area contributed by atoms with Crippen molar-refractivity contribution in [3.8, 4) is 10.6 Å². The molecule has 1 amide bonds. The van der Waals surface area contributed by atoms with Crippen molar-refractivity contribution in [3.05, 3.63) is 40.9 Å². The van der Waals surface area contributed by atoms with Crippen molar-refractivity contribution in [2.24, 2.45) is 5.41 Å². The molecular weight excluding hydrogens is 320 g/mol. The topological polar surface area (TPSA) is 62.2 Å². The van der Waals surface area contributed by atoms with Crippen LogP contribution in [0.1, 0.15) is 48.2 Å². The van der Waals surface area contributed by atoms with E-state index in [1.807, 2.05) is 36.6 Å². The van der Waals surface area contributed by atoms with E-state index >= 15 is 0 Å². The molecule has 1 aliphatic rings. The summed E-state index contributed by atoms with van der Waals surface area (Å²) in [5.41, 5.74) is 2.46. The standard InChI is InChI=1S/C19H24N2O2S/c1-14-11-24-18(21-14)16-7-5-6-15(10-16)17(23)20-12-19(13-22)8-3-2-4-9-19/h5-7,10-11,22H,2-4,8-9,12-13H2,1H3,(H,20,23). The molecule has 1 fully saturated rings. The van der Waals surface area contributed by atoms with Crippen molar-refractivity contribution in [1.82, 2.24) is 10.3 Å². The van der Waals surface area contributed by atoms with Gasteiger partial charge in [0.1, 0.15) is 5.01 Å². The molecule has 0 saturated heterocycles. The zero-order valence-electron chi connectivity index (χ0n) is 14.0. The number of hydrogen-bond donors (Lipinski definition) is 2. The third-order valence-corrected chi connectivity index (χ3v) is 5.87. The third kappa shape index (κ3) is 3.84. The van der Waals surface area contributed by atoms with Crippen LogP contribution in [0.3, 0.4) is 0 Å². The number of aromatic nitrogens is 1. The fraction of sp³-hybridized carbons (Fsp3) is 0.474. The molecule has 0 bridgehead atoms. The maximum absolute atomic E-state index is 12.5. The number of rotatable bonds is 5. The Labute approximate surface area is 146 Å². The highest BCUT2D eigenvalue weighted by atomic mass is 32.1. The summed E-state index contributed by atoms with van der Waals surface area (Å²) >= 11 is 1.59. The van der Waals surface area contributed by atoms with Crippen LogP contribution in [0.15, 0.2) is 29.6 Å². The minimum absolute atomic E-state index is 0.0801. The molecule has 1 aliphatic carbocycles. The highest BCUT2D eigenvalue weighted by Crippen LogP contribution is 2.35. The Morgan fingerprint density at radius 1 is 1.33 bits per heavy atom. The van der Waals surface area contributed by atoms with Crippen molar-refractivity contribution in [2.75, 3.05) is 13.2 Å². The Balaban J connectivity index is 1.69. The van der Waals surface area contributed by atoms with E-state index in [2.05, 4.69) is 10.3 Å². The van der Waals surface area contributed by atoms with Crippen LogP contribution in [0.2, 0.25) is 0 Å². The molecule has 24 heavy (non-hydrogen) atoms. The zero-order valence-corrected chi connectivity index (χ0v) is 14.9. The van der Waals surface area contributed by atoms with E-state index < -0.39 is 0 Å². The van der Waals surface area contributed by atoms with E-state index in [0.717, 1.165) is 41.9 Å². The van der Waals surface area contributed by atoms with Gasteiger partial charge >= 0.3 is 0 Å². The number of aryl methyl sites for hydroxylation is 1. The van der Waals surface area contributed by atoms with Gasteiger partial charge in [-0.2, -0.15) is 0 Å². The van der Waals surface area contributed by atoms with Gasteiger partial charge < -0.3 is 10.4 Å². The second kappa shape index (κ2) is 7.45. The second-order valence-corrected chi connectivity index (χ2v) is 7.63. The molecule has 5 heteroatoms. The molecule has 1 aromatic heterocycles. The first kappa shape index (κ1) is 17.1. The molecule has 0 atom stereocenters. The summed E-state index contributed by atoms with van der Waals surface area (Å²) in [6.07, 6.45) is 5.47. The number of carbonyl (C=O) groups excluding carboxylic acids is 1. The predicted octanol–water partition coefficient (Wildman–Crippen LogP) is 3.79. The van der Waals surface area contributed by atoms with E-state index in [0.29, 0.717) is 12.1 Å². The maximum Gasteiger partial charge on any atom is 0.251 e. The van der Waals surface area contributed by atoms with Gasteiger partial charge in [0.05, 0.1) is 6.61 Å². The van der Waals surface area contributed by atoms with Crippen molar-refractivity contribution in [2.45, 2.75) is 39.0 Å². The molecule has 0 spiro atoms. The molecule has 0 radical (unpaired) electrons. The van der Waals surface area contributed by atoms with E-state index in [1.54, 1.807) is 11.3 Å². The van der Waals surface area contributed by atoms with Gasteiger partial charge in [-0.05, 0) is 31.9 Å². The van der Waals surface area contributed by atoms with E-state index in [4.69, 9.17) is 0 Å². The molecule has 1 saturated carbocycles. The Bertz CT molecular complexity index is 705. The van der Waals surface area contributed by atoms with Gasteiger partial charge in [0, 0.05) is 34.2 Å². The lowest BCUT2D eigenvalue weighted by molar-refractivity contribution is 0.0718. The number of carbonyl (C=O) groups is 1. The fourth-order valence-electron chi connectivity index (χ4n) is 3.34. The van der Waals surface area contributed by atoms with Gasteiger partial charge in [0.25, 0.3) is 5.91 Å². The summed E-state index contributed by atoms with van der Waals surface area (Å²) in [5.74, 6) is -0.0801. The Hall–Kier alpha value is -1.72. The largest absolute Gasteiger partial charge is 0.396 e. The van der Waals surface area contributed by atoms with Crippen molar-refractivity contribution < 1.29 is 9.90 Å². The van der Waals surface area contributed by atoms with Gasteiger partial charge in [-0.1, -0.05) is 31.4 Å². The normalized spacial score (nSPS) is 16.8. The van der Waals surface area contributed by atoms with Gasteiger partial charge in [-0.3, -0.25) is 4.79 Å². The number of nitrogens with one attached hydrogen (secondary N) is 1. The second-order valence-electron chi connectivity index (χ2n) is 6.78. The van der Waals surface area contributed by atoms with Crippen LogP contribution in [0.25, 0.3) is 10.6 Å². The van der Waals surface area contributed by atoms with Crippen LogP contribution >= 0.6 is 11.3 Å². The third-order valence-electron chi connectivity index (χ3n) is 4.86. The van der Waals surface area contributed by atoms with Gasteiger partial charge in [-0.15, -0.1) is 11.3 Å². The molecule has 4 nitrogen and oxygen atoms in total. The maximum atomic E-state index is 12.5. The van der Waals surface area contributed by atoms with E-state index in [-0.39, 0.29) is 17.9 Å². The summed E-state index contributed by atoms with van der Waals surface area (Å²) in [5, 5.41) is 15.7. The van der Waals surface area contributed by atoms with E-state index in [1.165, 1.54) is 6.42 Å². The van der Waals surface area contributed by atoms with Crippen molar-refractivity contribution in [3.63, 3.8) is 0 Å². The highest BCUT2D eigenvalue weighted by molar-refractivity contribution is 7.13. The molecule has 0 aliphatic heterocycles. The minimum atomic E-state index is -0.141. The van der Waals surface area contributed by atoms with Crippen molar-refractivity contribution in [1.29, 1.82) is 0 Å². The minimum Gasteiger partial charge on any atom is -0.396 e. The lowest BCUT2D eigenvalue weighted by atomic mass is 9.74. The number of benzene rings is 1. The van der Waals surface area contributed by atoms with Gasteiger partial charge in [0.2, 0.25) is 0 Å². The van der Waals surface area contributed by atoms with Crippen molar-refractivity contribution >= 4 is 17.2 Å². The Kier molecular flexibility index (Phi) is 5.31. The number of aliphatic hydroxyl groups excluding tert-OH is 1. The number of hydrogen-bond acceptors (Lipinski definition) is 4. The van der Waals surface area contributed by atoms with Crippen LogP contribution in [0, 0.1) is 12.3 Å². The smallest absolute Gasteiger partial charge is 0.251 e. The number of aliphatic hydroxyl groups is 1. The molecule has 0 unspecified atom stereocenters. The number of amides is 1. The summed E-state index contributed by atoms with van der Waals surface area (Å²) in [7, 11) is 0. The monoisotopic (exact) mass is 344 g/mol. The first-order chi connectivity index (χ1) is 11.6.